The maximum Gasteiger partial charge on any atom is 0.339 e. The third-order valence-corrected chi connectivity index (χ3v) is 5.24. The maximum atomic E-state index is 12.8. The quantitative estimate of drug-likeness (QED) is 0.705. The Bertz CT molecular complexity index is 827. The molecule has 0 saturated carbocycles. The molecule has 0 aliphatic carbocycles. The van der Waals surface area contributed by atoms with Crippen molar-refractivity contribution in [2.24, 2.45) is 5.41 Å². The average Bonchev–Trinajstić information content (AvgIpc) is 2.66. The van der Waals surface area contributed by atoms with Crippen LogP contribution in [-0.2, 0) is 11.3 Å². The number of nitrogens with one attached hydrogen (secondary N) is 1. The summed E-state index contributed by atoms with van der Waals surface area (Å²) in [4.78, 5) is 26.3. The molecule has 1 aliphatic heterocycles. The summed E-state index contributed by atoms with van der Waals surface area (Å²) in [5.74, 6) is -1.67. The lowest BCUT2D eigenvalue weighted by Crippen LogP contribution is -2.44. The van der Waals surface area contributed by atoms with Crippen molar-refractivity contribution in [1.82, 2.24) is 4.90 Å². The molecule has 1 fully saturated rings. The number of carbonyl (C=O) groups excluding carboxylic acids is 1. The van der Waals surface area contributed by atoms with Crippen LogP contribution < -0.4 is 5.32 Å². The number of benzene rings is 2. The fourth-order valence-corrected chi connectivity index (χ4v) is 3.34. The Morgan fingerprint density at radius 1 is 1.11 bits per heavy atom. The molecule has 0 unspecified atom stereocenters. The van der Waals surface area contributed by atoms with E-state index in [0.29, 0.717) is 5.69 Å². The van der Waals surface area contributed by atoms with Crippen molar-refractivity contribution in [3.63, 3.8) is 0 Å². The van der Waals surface area contributed by atoms with Gasteiger partial charge in [0.25, 0.3) is 0 Å². The van der Waals surface area contributed by atoms with Crippen LogP contribution in [0.4, 0.5) is 5.69 Å². The van der Waals surface area contributed by atoms with Crippen molar-refractivity contribution in [1.29, 1.82) is 0 Å². The van der Waals surface area contributed by atoms with E-state index >= 15 is 0 Å². The lowest BCUT2D eigenvalue weighted by atomic mass is 9.79. The minimum absolute atomic E-state index is 0.121. The number of aromatic hydroxyl groups is 1. The molecule has 0 radical (unpaired) electrons. The van der Waals surface area contributed by atoms with Gasteiger partial charge in [0.15, 0.2) is 0 Å². The predicted molar refractivity (Wildman–Crippen MR) is 103 cm³/mol. The molecule has 0 atom stereocenters. The van der Waals surface area contributed by atoms with Crippen LogP contribution in [0.25, 0.3) is 0 Å². The molecule has 0 aromatic heterocycles. The van der Waals surface area contributed by atoms with Gasteiger partial charge in [-0.25, -0.2) is 4.79 Å². The number of rotatable bonds is 5. The number of hydrogen-bond donors (Lipinski definition) is 3. The van der Waals surface area contributed by atoms with Gasteiger partial charge in [0.05, 0.1) is 0 Å². The molecule has 3 rings (SSSR count). The molecule has 1 saturated heterocycles. The Morgan fingerprint density at radius 2 is 1.78 bits per heavy atom. The van der Waals surface area contributed by atoms with Crippen molar-refractivity contribution < 1.29 is 19.8 Å². The molecule has 1 heterocycles. The minimum atomic E-state index is -1.23. The highest BCUT2D eigenvalue weighted by Gasteiger charge is 2.37. The van der Waals surface area contributed by atoms with Crippen molar-refractivity contribution >= 4 is 17.6 Å². The smallest absolute Gasteiger partial charge is 0.339 e. The van der Waals surface area contributed by atoms with Crippen LogP contribution >= 0.6 is 0 Å². The average molecular weight is 368 g/mol. The summed E-state index contributed by atoms with van der Waals surface area (Å²) in [6.07, 6.45) is 1.46. The Labute approximate surface area is 158 Å². The Morgan fingerprint density at radius 3 is 2.41 bits per heavy atom. The molecule has 2 aromatic rings. The normalized spacial score (nSPS) is 16.6. The zero-order valence-electron chi connectivity index (χ0n) is 15.3. The SMILES string of the molecule is CC1(C(=O)Nc2ccc(O)c(C(=O)O)c2)CCN(Cc2ccccc2)CC1. The van der Waals surface area contributed by atoms with Gasteiger partial charge >= 0.3 is 5.97 Å². The maximum absolute atomic E-state index is 12.8. The minimum Gasteiger partial charge on any atom is -0.507 e. The van der Waals surface area contributed by atoms with Gasteiger partial charge in [-0.1, -0.05) is 37.3 Å². The van der Waals surface area contributed by atoms with Crippen molar-refractivity contribution in [3.8, 4) is 5.75 Å². The van der Waals surface area contributed by atoms with E-state index in [0.717, 1.165) is 32.5 Å². The standard InChI is InChI=1S/C21H24N2O4/c1-21(9-11-23(12-10-21)14-15-5-3-2-4-6-15)20(27)22-16-7-8-18(24)17(13-16)19(25)26/h2-8,13,24H,9-12,14H2,1H3,(H,22,27)(H,25,26). The highest BCUT2D eigenvalue weighted by Crippen LogP contribution is 2.33. The number of hydrogen-bond acceptors (Lipinski definition) is 4. The van der Waals surface area contributed by atoms with Crippen molar-refractivity contribution in [2.75, 3.05) is 18.4 Å². The molecular weight excluding hydrogens is 344 g/mol. The van der Waals surface area contributed by atoms with E-state index in [-0.39, 0.29) is 17.2 Å². The third kappa shape index (κ3) is 4.46. The number of phenols is 1. The highest BCUT2D eigenvalue weighted by molar-refractivity contribution is 5.97. The second kappa shape index (κ2) is 7.80. The molecule has 6 nitrogen and oxygen atoms in total. The summed E-state index contributed by atoms with van der Waals surface area (Å²) in [5, 5.41) is 21.5. The second-order valence-corrected chi connectivity index (χ2v) is 7.31. The van der Waals surface area contributed by atoms with Gasteiger partial charge in [-0.2, -0.15) is 0 Å². The van der Waals surface area contributed by atoms with E-state index in [2.05, 4.69) is 22.3 Å². The summed E-state index contributed by atoms with van der Waals surface area (Å²) in [7, 11) is 0. The molecule has 6 heteroatoms. The van der Waals surface area contributed by atoms with E-state index in [4.69, 9.17) is 5.11 Å². The van der Waals surface area contributed by atoms with Gasteiger partial charge in [0.2, 0.25) is 5.91 Å². The molecule has 1 aliphatic rings. The number of anilines is 1. The number of likely N-dealkylation sites (tertiary alicyclic amines) is 1. The van der Waals surface area contributed by atoms with E-state index < -0.39 is 11.4 Å². The number of aromatic carboxylic acids is 1. The molecule has 3 N–H and O–H groups in total. The lowest BCUT2D eigenvalue weighted by Gasteiger charge is -2.38. The first-order valence-electron chi connectivity index (χ1n) is 9.01. The molecule has 2 aromatic carbocycles. The summed E-state index contributed by atoms with van der Waals surface area (Å²) < 4.78 is 0. The Balaban J connectivity index is 1.61. The Hall–Kier alpha value is -2.86. The summed E-state index contributed by atoms with van der Waals surface area (Å²) in [5.41, 5.74) is 0.906. The van der Waals surface area contributed by atoms with Crippen molar-refractivity contribution in [2.45, 2.75) is 26.3 Å². The topological polar surface area (TPSA) is 89.9 Å². The van der Waals surface area contributed by atoms with Crippen LogP contribution in [0, 0.1) is 5.41 Å². The predicted octanol–water partition coefficient (Wildman–Crippen LogP) is 3.33. The van der Waals surface area contributed by atoms with Crippen LogP contribution in [0.5, 0.6) is 5.75 Å². The first-order valence-corrected chi connectivity index (χ1v) is 9.01. The van der Waals surface area contributed by atoms with Gasteiger partial charge in [-0.05, 0) is 49.7 Å². The monoisotopic (exact) mass is 368 g/mol. The van der Waals surface area contributed by atoms with Gasteiger partial charge < -0.3 is 15.5 Å². The summed E-state index contributed by atoms with van der Waals surface area (Å²) in [6, 6.07) is 14.3. The van der Waals surface area contributed by atoms with Crippen LogP contribution in [0.15, 0.2) is 48.5 Å². The fourth-order valence-electron chi connectivity index (χ4n) is 3.34. The van der Waals surface area contributed by atoms with E-state index in [9.17, 15) is 14.7 Å². The largest absolute Gasteiger partial charge is 0.507 e. The number of piperidine rings is 1. The van der Waals surface area contributed by atoms with Gasteiger partial charge in [-0.15, -0.1) is 0 Å². The first kappa shape index (κ1) is 18.9. The summed E-state index contributed by atoms with van der Waals surface area (Å²) >= 11 is 0. The van der Waals surface area contributed by atoms with E-state index in [1.165, 1.54) is 23.8 Å². The highest BCUT2D eigenvalue weighted by atomic mass is 16.4. The van der Waals surface area contributed by atoms with Crippen molar-refractivity contribution in [3.05, 3.63) is 59.7 Å². The molecule has 0 spiro atoms. The van der Waals surface area contributed by atoms with Crippen LogP contribution in [0.2, 0.25) is 0 Å². The Kier molecular flexibility index (Phi) is 5.46. The fraction of sp³-hybridized carbons (Fsp3) is 0.333. The zero-order chi connectivity index (χ0) is 19.4. The molecule has 27 heavy (non-hydrogen) atoms. The second-order valence-electron chi connectivity index (χ2n) is 7.31. The zero-order valence-corrected chi connectivity index (χ0v) is 15.3. The number of carboxylic acid groups (broad SMARTS) is 1. The van der Waals surface area contributed by atoms with Gasteiger partial charge in [-0.3, -0.25) is 9.69 Å². The van der Waals surface area contributed by atoms with E-state index in [1.54, 1.807) is 0 Å². The number of carboxylic acids is 1. The number of nitrogens with zero attached hydrogens (tertiary/aromatic N) is 1. The van der Waals surface area contributed by atoms with Crippen LogP contribution in [0.3, 0.4) is 0 Å². The van der Waals surface area contributed by atoms with E-state index in [1.807, 2.05) is 25.1 Å². The molecule has 1 amide bonds. The first-order chi connectivity index (χ1) is 12.9. The van der Waals surface area contributed by atoms with Crippen LogP contribution in [-0.4, -0.2) is 40.1 Å². The van der Waals surface area contributed by atoms with Crippen LogP contribution in [0.1, 0.15) is 35.7 Å². The molecular formula is C21H24N2O4. The van der Waals surface area contributed by atoms with Gasteiger partial charge in [0.1, 0.15) is 11.3 Å². The number of amides is 1. The third-order valence-electron chi connectivity index (χ3n) is 5.24. The molecule has 0 bridgehead atoms. The number of carbonyl (C=O) groups is 2. The summed E-state index contributed by atoms with van der Waals surface area (Å²) in [6.45, 7) is 4.47. The molecule has 142 valence electrons. The lowest BCUT2D eigenvalue weighted by molar-refractivity contribution is -0.127. The van der Waals surface area contributed by atoms with Gasteiger partial charge in [0, 0.05) is 17.6 Å².